The molecule has 178 valence electrons. The third-order valence-electron chi connectivity index (χ3n) is 6.55. The number of esters is 1. The van der Waals surface area contributed by atoms with E-state index in [0.29, 0.717) is 32.0 Å². The second-order valence-corrected chi connectivity index (χ2v) is 8.70. The molecule has 1 aromatic heterocycles. The number of carbonyl (C=O) groups excluding carboxylic acids is 2. The smallest absolute Gasteiger partial charge is 0.328 e. The number of anilines is 1. The van der Waals surface area contributed by atoms with Crippen LogP contribution in [-0.2, 0) is 27.1 Å². The van der Waals surface area contributed by atoms with Gasteiger partial charge in [-0.25, -0.2) is 14.6 Å². The number of pyridine rings is 1. The Bertz CT molecular complexity index is 762. The van der Waals surface area contributed by atoms with E-state index in [1.807, 2.05) is 13.8 Å². The van der Waals surface area contributed by atoms with Crippen molar-refractivity contribution in [2.45, 2.75) is 70.9 Å². The predicted molar refractivity (Wildman–Crippen MR) is 124 cm³/mol. The van der Waals surface area contributed by atoms with Gasteiger partial charge in [0.1, 0.15) is 11.9 Å². The highest BCUT2D eigenvalue weighted by Gasteiger charge is 2.30. The minimum absolute atomic E-state index is 0.231. The van der Waals surface area contributed by atoms with Crippen LogP contribution in [0.2, 0.25) is 0 Å². The number of hydrogen-bond donors (Lipinski definition) is 2. The van der Waals surface area contributed by atoms with Crippen molar-refractivity contribution in [3.8, 4) is 0 Å². The van der Waals surface area contributed by atoms with Gasteiger partial charge in [0.15, 0.2) is 0 Å². The first-order valence-electron chi connectivity index (χ1n) is 12.0. The lowest BCUT2D eigenvalue weighted by Crippen LogP contribution is -2.48. The largest absolute Gasteiger partial charge is 0.467 e. The zero-order valence-corrected chi connectivity index (χ0v) is 19.7. The highest BCUT2D eigenvalue weighted by Crippen LogP contribution is 2.34. The number of carbonyl (C=O) groups is 2. The van der Waals surface area contributed by atoms with Gasteiger partial charge in [-0.1, -0.05) is 6.07 Å². The molecule has 1 saturated carbocycles. The van der Waals surface area contributed by atoms with E-state index in [4.69, 9.17) is 14.5 Å². The van der Waals surface area contributed by atoms with E-state index >= 15 is 0 Å². The molecule has 0 bridgehead atoms. The summed E-state index contributed by atoms with van der Waals surface area (Å²) in [6.07, 6.45) is 7.13. The van der Waals surface area contributed by atoms with Crippen LogP contribution in [0.25, 0.3) is 0 Å². The lowest BCUT2D eigenvalue weighted by molar-refractivity contribution is -0.143. The molecule has 32 heavy (non-hydrogen) atoms. The summed E-state index contributed by atoms with van der Waals surface area (Å²) < 4.78 is 10.8. The zero-order chi connectivity index (χ0) is 22.9. The van der Waals surface area contributed by atoms with E-state index in [-0.39, 0.29) is 12.1 Å². The predicted octanol–water partition coefficient (Wildman–Crippen LogP) is 3.15. The maximum absolute atomic E-state index is 12.3. The number of ether oxygens (including phenoxy) is 2. The molecule has 2 aliphatic rings. The average Bonchev–Trinajstić information content (AvgIpc) is 2.79. The van der Waals surface area contributed by atoms with E-state index < -0.39 is 12.0 Å². The van der Waals surface area contributed by atoms with E-state index in [1.54, 1.807) is 4.90 Å². The average molecular weight is 447 g/mol. The number of methoxy groups -OCH3 is 1. The summed E-state index contributed by atoms with van der Waals surface area (Å²) in [5, 5.41) is 6.17. The van der Waals surface area contributed by atoms with Gasteiger partial charge in [-0.2, -0.15) is 0 Å². The van der Waals surface area contributed by atoms with Crippen LogP contribution in [0.4, 0.5) is 10.6 Å². The fraction of sp³-hybridized carbons (Fsp3) is 0.708. The van der Waals surface area contributed by atoms with Crippen molar-refractivity contribution in [1.82, 2.24) is 15.2 Å². The number of nitrogens with zero attached hydrogens (tertiary/aromatic N) is 2. The van der Waals surface area contributed by atoms with Gasteiger partial charge in [-0.15, -0.1) is 0 Å². The third kappa shape index (κ3) is 6.58. The molecule has 2 amide bonds. The molecule has 2 heterocycles. The molecule has 8 heteroatoms. The van der Waals surface area contributed by atoms with Gasteiger partial charge in [0, 0.05) is 38.4 Å². The molecule has 1 aliphatic heterocycles. The summed E-state index contributed by atoms with van der Waals surface area (Å²) in [5.41, 5.74) is 2.49. The van der Waals surface area contributed by atoms with Crippen LogP contribution in [0.1, 0.15) is 57.2 Å². The number of nitrogens with one attached hydrogen (secondary N) is 2. The lowest BCUT2D eigenvalue weighted by Gasteiger charge is -2.35. The van der Waals surface area contributed by atoms with Crippen LogP contribution < -0.4 is 10.6 Å². The Balaban J connectivity index is 1.34. The number of amides is 2. The van der Waals surface area contributed by atoms with E-state index in [2.05, 4.69) is 22.8 Å². The number of rotatable bonds is 11. The van der Waals surface area contributed by atoms with Gasteiger partial charge < -0.3 is 25.0 Å². The van der Waals surface area contributed by atoms with Gasteiger partial charge in [0.05, 0.1) is 13.2 Å². The van der Waals surface area contributed by atoms with Crippen LogP contribution in [0.3, 0.4) is 0 Å². The van der Waals surface area contributed by atoms with Crippen molar-refractivity contribution in [3.63, 3.8) is 0 Å². The van der Waals surface area contributed by atoms with Crippen molar-refractivity contribution in [1.29, 1.82) is 0 Å². The van der Waals surface area contributed by atoms with Crippen LogP contribution in [0.5, 0.6) is 0 Å². The number of urea groups is 1. The van der Waals surface area contributed by atoms with Gasteiger partial charge in [0.2, 0.25) is 0 Å². The van der Waals surface area contributed by atoms with Crippen LogP contribution in [0, 0.1) is 5.92 Å². The van der Waals surface area contributed by atoms with Crippen molar-refractivity contribution in [2.24, 2.45) is 5.92 Å². The fourth-order valence-electron chi connectivity index (χ4n) is 4.40. The molecule has 0 spiro atoms. The van der Waals surface area contributed by atoms with Gasteiger partial charge in [-0.3, -0.25) is 0 Å². The summed E-state index contributed by atoms with van der Waals surface area (Å²) in [4.78, 5) is 30.7. The molecule has 1 atom stereocenters. The molecular weight excluding hydrogens is 408 g/mol. The molecule has 8 nitrogen and oxygen atoms in total. The molecule has 1 fully saturated rings. The molecule has 0 radical (unpaired) electrons. The minimum atomic E-state index is -0.687. The minimum Gasteiger partial charge on any atom is -0.467 e. The van der Waals surface area contributed by atoms with Gasteiger partial charge in [0.25, 0.3) is 0 Å². The van der Waals surface area contributed by atoms with Crippen molar-refractivity contribution >= 4 is 17.8 Å². The topological polar surface area (TPSA) is 92.8 Å². The maximum Gasteiger partial charge on any atom is 0.328 e. The first-order chi connectivity index (χ1) is 15.5. The van der Waals surface area contributed by atoms with Crippen LogP contribution in [0.15, 0.2) is 12.1 Å². The summed E-state index contributed by atoms with van der Waals surface area (Å²) in [7, 11) is 1.34. The number of aryl methyl sites for hydroxylation is 2. The van der Waals surface area contributed by atoms with Crippen LogP contribution >= 0.6 is 0 Å². The standard InChI is InChI=1S/C24H38N4O4/c1-4-28(5-2)24(30)27-21(23(29)31-3)12-14-32-20-15-17(16-20)8-10-19-11-9-18-7-6-13-25-22(18)26-19/h9,11,17,20-21H,4-8,10,12-16H2,1-3H3,(H,25,26)(H,27,30)/t17-,20-,21?. The monoisotopic (exact) mass is 446 g/mol. The molecule has 1 unspecified atom stereocenters. The summed E-state index contributed by atoms with van der Waals surface area (Å²) in [5.74, 6) is 1.29. The fourth-order valence-corrected chi connectivity index (χ4v) is 4.40. The molecule has 0 aromatic carbocycles. The van der Waals surface area contributed by atoms with Crippen molar-refractivity contribution in [2.75, 3.05) is 38.7 Å². The number of aromatic nitrogens is 1. The zero-order valence-electron chi connectivity index (χ0n) is 19.7. The van der Waals surface area contributed by atoms with Crippen LogP contribution in [-0.4, -0.2) is 67.4 Å². The Morgan fingerprint density at radius 3 is 2.78 bits per heavy atom. The summed E-state index contributed by atoms with van der Waals surface area (Å²) >= 11 is 0. The molecular formula is C24H38N4O4. The molecule has 1 aliphatic carbocycles. The Morgan fingerprint density at radius 2 is 2.06 bits per heavy atom. The third-order valence-corrected chi connectivity index (χ3v) is 6.55. The van der Waals surface area contributed by atoms with E-state index in [0.717, 1.165) is 50.2 Å². The van der Waals surface area contributed by atoms with E-state index in [1.165, 1.54) is 19.1 Å². The maximum atomic E-state index is 12.3. The Kier molecular flexibility index (Phi) is 9.14. The highest BCUT2D eigenvalue weighted by atomic mass is 16.5. The van der Waals surface area contributed by atoms with Crippen molar-refractivity contribution in [3.05, 3.63) is 23.4 Å². The second-order valence-electron chi connectivity index (χ2n) is 8.70. The lowest BCUT2D eigenvalue weighted by atomic mass is 9.79. The highest BCUT2D eigenvalue weighted by molar-refractivity contribution is 5.83. The first-order valence-corrected chi connectivity index (χ1v) is 12.0. The Labute approximate surface area is 191 Å². The second kappa shape index (κ2) is 12.0. The normalized spacial score (nSPS) is 20.3. The molecule has 0 saturated heterocycles. The van der Waals surface area contributed by atoms with E-state index in [9.17, 15) is 9.59 Å². The van der Waals surface area contributed by atoms with Crippen molar-refractivity contribution < 1.29 is 19.1 Å². The SMILES string of the molecule is CCN(CC)C(=O)NC(CCO[C@H]1C[C@H](CCc2ccc3c(n2)NCCC3)C1)C(=O)OC. The number of hydrogen-bond acceptors (Lipinski definition) is 6. The molecule has 1 aromatic rings. The summed E-state index contributed by atoms with van der Waals surface area (Å²) in [6.45, 7) is 6.44. The summed E-state index contributed by atoms with van der Waals surface area (Å²) in [6, 6.07) is 3.44. The number of fused-ring (bicyclic) bond motifs is 1. The quantitative estimate of drug-likeness (QED) is 0.507. The Morgan fingerprint density at radius 1 is 1.28 bits per heavy atom. The molecule has 3 rings (SSSR count). The van der Waals surface area contributed by atoms with Gasteiger partial charge in [-0.05, 0) is 69.9 Å². The Hall–Kier alpha value is -2.35. The van der Waals surface area contributed by atoms with Gasteiger partial charge >= 0.3 is 12.0 Å². The molecule has 2 N–H and O–H groups in total. The first kappa shape index (κ1) is 24.3.